The van der Waals surface area contributed by atoms with Crippen molar-refractivity contribution in [3.63, 3.8) is 0 Å². The Morgan fingerprint density at radius 1 is 1.11 bits per heavy atom. The first-order valence-electron chi connectivity index (χ1n) is 5.87. The van der Waals surface area contributed by atoms with Gasteiger partial charge in [-0.2, -0.15) is 0 Å². The van der Waals surface area contributed by atoms with Crippen LogP contribution in [0.5, 0.6) is 5.75 Å². The normalized spacial score (nSPS) is 12.1. The van der Waals surface area contributed by atoms with Crippen LogP contribution in [0.4, 0.5) is 0 Å². The van der Waals surface area contributed by atoms with E-state index in [9.17, 15) is 0 Å². The first kappa shape index (κ1) is 13.0. The van der Waals surface area contributed by atoms with Gasteiger partial charge in [0.05, 0.1) is 7.11 Å². The fourth-order valence-corrected chi connectivity index (χ4v) is 2.61. The molecule has 2 aromatic carbocycles. The molecule has 0 aliphatic carbocycles. The second-order valence-electron chi connectivity index (χ2n) is 4.01. The largest absolute Gasteiger partial charge is 0.497 e. The molecular weight excluding hydrogens is 242 g/mol. The average molecular weight is 259 g/mol. The Labute approximate surface area is 112 Å². The number of hydrogen-bond acceptors (Lipinski definition) is 3. The number of methoxy groups -OCH3 is 1. The summed E-state index contributed by atoms with van der Waals surface area (Å²) in [6.45, 7) is 0. The summed E-state index contributed by atoms with van der Waals surface area (Å²) in [6, 6.07) is 18.3. The van der Waals surface area contributed by atoms with Gasteiger partial charge >= 0.3 is 0 Å². The van der Waals surface area contributed by atoms with Gasteiger partial charge in [0.25, 0.3) is 0 Å². The molecule has 1 atom stereocenters. The highest BCUT2D eigenvalue weighted by Gasteiger charge is 2.06. The van der Waals surface area contributed by atoms with Gasteiger partial charge in [-0.15, -0.1) is 11.8 Å². The van der Waals surface area contributed by atoms with Crippen LogP contribution in [0.2, 0.25) is 0 Å². The Hall–Kier alpha value is -1.45. The van der Waals surface area contributed by atoms with Crippen LogP contribution < -0.4 is 10.5 Å². The third kappa shape index (κ3) is 3.52. The Bertz CT molecular complexity index is 487. The average Bonchev–Trinajstić information content (AvgIpc) is 2.46. The smallest absolute Gasteiger partial charge is 0.119 e. The molecule has 0 amide bonds. The zero-order valence-corrected chi connectivity index (χ0v) is 11.2. The molecule has 94 valence electrons. The van der Waals surface area contributed by atoms with E-state index in [1.165, 1.54) is 10.5 Å². The van der Waals surface area contributed by atoms with E-state index < -0.39 is 0 Å². The van der Waals surface area contributed by atoms with Crippen molar-refractivity contribution in [2.45, 2.75) is 10.9 Å². The van der Waals surface area contributed by atoms with Crippen molar-refractivity contribution in [1.82, 2.24) is 0 Å². The van der Waals surface area contributed by atoms with E-state index in [0.717, 1.165) is 11.5 Å². The lowest BCUT2D eigenvalue weighted by Crippen LogP contribution is -2.12. The molecule has 0 bridgehead atoms. The van der Waals surface area contributed by atoms with Crippen molar-refractivity contribution in [2.75, 3.05) is 12.9 Å². The van der Waals surface area contributed by atoms with Gasteiger partial charge in [-0.1, -0.05) is 36.4 Å². The molecule has 0 heterocycles. The second-order valence-corrected chi connectivity index (χ2v) is 5.10. The van der Waals surface area contributed by atoms with Gasteiger partial charge in [0, 0.05) is 16.7 Å². The predicted octanol–water partition coefficient (Wildman–Crippen LogP) is 3.49. The lowest BCUT2D eigenvalue weighted by molar-refractivity contribution is 0.413. The van der Waals surface area contributed by atoms with E-state index in [1.54, 1.807) is 18.9 Å². The Morgan fingerprint density at radius 3 is 2.61 bits per heavy atom. The number of nitrogens with two attached hydrogens (primary N) is 1. The van der Waals surface area contributed by atoms with Gasteiger partial charge < -0.3 is 10.5 Å². The lowest BCUT2D eigenvalue weighted by Gasteiger charge is -2.11. The van der Waals surface area contributed by atoms with Crippen molar-refractivity contribution in [1.29, 1.82) is 0 Å². The SMILES string of the molecule is COc1cccc(SCC(N)c2ccccc2)c1. The minimum absolute atomic E-state index is 0.0578. The van der Waals surface area contributed by atoms with Crippen molar-refractivity contribution < 1.29 is 4.74 Å². The Morgan fingerprint density at radius 2 is 1.89 bits per heavy atom. The first-order valence-corrected chi connectivity index (χ1v) is 6.85. The fourth-order valence-electron chi connectivity index (χ4n) is 1.67. The molecule has 2 nitrogen and oxygen atoms in total. The van der Waals surface area contributed by atoms with Crippen molar-refractivity contribution in [3.8, 4) is 5.75 Å². The van der Waals surface area contributed by atoms with Gasteiger partial charge in [-0.05, 0) is 23.8 Å². The van der Waals surface area contributed by atoms with Crippen LogP contribution in [0.25, 0.3) is 0 Å². The molecule has 0 spiro atoms. The molecular formula is C15H17NOS. The summed E-state index contributed by atoms with van der Waals surface area (Å²) in [6.07, 6.45) is 0. The number of ether oxygens (including phenoxy) is 1. The first-order chi connectivity index (χ1) is 8.79. The van der Waals surface area contributed by atoms with Crippen LogP contribution in [-0.4, -0.2) is 12.9 Å². The van der Waals surface area contributed by atoms with Crippen molar-refractivity contribution in [3.05, 3.63) is 60.2 Å². The predicted molar refractivity (Wildman–Crippen MR) is 77.1 cm³/mol. The molecule has 2 N–H and O–H groups in total. The van der Waals surface area contributed by atoms with E-state index in [1.807, 2.05) is 36.4 Å². The van der Waals surface area contributed by atoms with Crippen molar-refractivity contribution >= 4 is 11.8 Å². The highest BCUT2D eigenvalue weighted by atomic mass is 32.2. The highest BCUT2D eigenvalue weighted by Crippen LogP contribution is 2.26. The summed E-state index contributed by atoms with van der Waals surface area (Å²) >= 11 is 1.75. The fraction of sp³-hybridized carbons (Fsp3) is 0.200. The van der Waals surface area contributed by atoms with Crippen LogP contribution >= 0.6 is 11.8 Å². The maximum Gasteiger partial charge on any atom is 0.119 e. The van der Waals surface area contributed by atoms with E-state index in [2.05, 4.69) is 18.2 Å². The molecule has 0 aliphatic rings. The van der Waals surface area contributed by atoms with Crippen LogP contribution in [0, 0.1) is 0 Å². The number of rotatable bonds is 5. The Balaban J connectivity index is 1.95. The number of thioether (sulfide) groups is 1. The number of hydrogen-bond donors (Lipinski definition) is 1. The molecule has 2 aromatic rings. The van der Waals surface area contributed by atoms with Crippen molar-refractivity contribution in [2.24, 2.45) is 5.73 Å². The highest BCUT2D eigenvalue weighted by molar-refractivity contribution is 7.99. The zero-order valence-electron chi connectivity index (χ0n) is 10.4. The van der Waals surface area contributed by atoms with Gasteiger partial charge in [-0.3, -0.25) is 0 Å². The molecule has 3 heteroatoms. The Kier molecular flexibility index (Phi) is 4.67. The maximum absolute atomic E-state index is 6.16. The summed E-state index contributed by atoms with van der Waals surface area (Å²) in [5.41, 5.74) is 7.34. The molecule has 0 aromatic heterocycles. The van der Waals surface area contributed by atoms with Crippen LogP contribution in [0.15, 0.2) is 59.5 Å². The van der Waals surface area contributed by atoms with Gasteiger partial charge in [-0.25, -0.2) is 0 Å². The van der Waals surface area contributed by atoms with Crippen LogP contribution in [-0.2, 0) is 0 Å². The standard InChI is InChI=1S/C15H17NOS/c1-17-13-8-5-9-14(10-13)18-11-15(16)12-6-3-2-4-7-12/h2-10,15H,11,16H2,1H3. The molecule has 0 saturated carbocycles. The van der Waals surface area contributed by atoms with E-state index in [0.29, 0.717) is 0 Å². The summed E-state index contributed by atoms with van der Waals surface area (Å²) < 4.78 is 5.20. The molecule has 18 heavy (non-hydrogen) atoms. The summed E-state index contributed by atoms with van der Waals surface area (Å²) in [5.74, 6) is 1.74. The summed E-state index contributed by atoms with van der Waals surface area (Å²) in [5, 5.41) is 0. The molecule has 2 rings (SSSR count). The monoisotopic (exact) mass is 259 g/mol. The quantitative estimate of drug-likeness (QED) is 0.835. The minimum Gasteiger partial charge on any atom is -0.497 e. The lowest BCUT2D eigenvalue weighted by atomic mass is 10.1. The van der Waals surface area contributed by atoms with E-state index >= 15 is 0 Å². The van der Waals surface area contributed by atoms with E-state index in [4.69, 9.17) is 10.5 Å². The summed E-state index contributed by atoms with van der Waals surface area (Å²) in [4.78, 5) is 1.18. The topological polar surface area (TPSA) is 35.2 Å². The molecule has 0 radical (unpaired) electrons. The molecule has 0 fully saturated rings. The minimum atomic E-state index is 0.0578. The third-order valence-electron chi connectivity index (χ3n) is 2.70. The van der Waals surface area contributed by atoms with Gasteiger partial charge in [0.2, 0.25) is 0 Å². The molecule has 0 aliphatic heterocycles. The zero-order chi connectivity index (χ0) is 12.8. The maximum atomic E-state index is 6.16. The second kappa shape index (κ2) is 6.47. The van der Waals surface area contributed by atoms with Crippen LogP contribution in [0.3, 0.4) is 0 Å². The van der Waals surface area contributed by atoms with Gasteiger partial charge in [0.15, 0.2) is 0 Å². The number of benzene rings is 2. The van der Waals surface area contributed by atoms with E-state index in [-0.39, 0.29) is 6.04 Å². The summed E-state index contributed by atoms with van der Waals surface area (Å²) in [7, 11) is 1.68. The third-order valence-corrected chi connectivity index (χ3v) is 3.81. The van der Waals surface area contributed by atoms with Crippen LogP contribution in [0.1, 0.15) is 11.6 Å². The van der Waals surface area contributed by atoms with Gasteiger partial charge in [0.1, 0.15) is 5.75 Å². The molecule has 0 saturated heterocycles. The molecule has 1 unspecified atom stereocenters.